The van der Waals surface area contributed by atoms with E-state index in [0.717, 1.165) is 17.7 Å². The number of aromatic nitrogens is 1. The zero-order chi connectivity index (χ0) is 18.5. The molecule has 1 heterocycles. The van der Waals surface area contributed by atoms with Crippen LogP contribution in [0.25, 0.3) is 0 Å². The number of amides is 1. The first kappa shape index (κ1) is 17.8. The third-order valence-corrected chi connectivity index (χ3v) is 3.72. The van der Waals surface area contributed by atoms with E-state index in [-0.39, 0.29) is 0 Å². The summed E-state index contributed by atoms with van der Waals surface area (Å²) in [5, 5.41) is 2.85. The van der Waals surface area contributed by atoms with Gasteiger partial charge in [0.1, 0.15) is 34.7 Å². The van der Waals surface area contributed by atoms with Crippen molar-refractivity contribution in [3.8, 4) is 5.75 Å². The molecule has 2 aromatic carbocycles. The lowest BCUT2D eigenvalue weighted by Gasteiger charge is -2.09. The van der Waals surface area contributed by atoms with Gasteiger partial charge in [-0.15, -0.1) is 0 Å². The lowest BCUT2D eigenvalue weighted by molar-refractivity contribution is 0.101. The summed E-state index contributed by atoms with van der Waals surface area (Å²) in [6.07, 6.45) is 1.61. The Morgan fingerprint density at radius 3 is 2.35 bits per heavy atom. The molecule has 0 spiro atoms. The van der Waals surface area contributed by atoms with Gasteiger partial charge >= 0.3 is 0 Å². The van der Waals surface area contributed by atoms with E-state index < -0.39 is 23.1 Å². The molecule has 3 aromatic rings. The summed E-state index contributed by atoms with van der Waals surface area (Å²) in [4.78, 5) is 16.0. The fraction of sp³-hybridized carbons (Fsp3) is 0.0526. The molecular formula is C19H13ClF2N2O2. The van der Waals surface area contributed by atoms with Gasteiger partial charge in [0, 0.05) is 17.4 Å². The molecule has 132 valence electrons. The van der Waals surface area contributed by atoms with E-state index in [9.17, 15) is 13.6 Å². The van der Waals surface area contributed by atoms with Gasteiger partial charge in [-0.3, -0.25) is 4.79 Å². The minimum atomic E-state index is -0.918. The highest BCUT2D eigenvalue weighted by Crippen LogP contribution is 2.19. The first-order valence-corrected chi connectivity index (χ1v) is 7.99. The first-order chi connectivity index (χ1) is 12.5. The molecule has 3 rings (SSSR count). The number of hydrogen-bond acceptors (Lipinski definition) is 3. The van der Waals surface area contributed by atoms with Crippen LogP contribution in [-0.4, -0.2) is 10.9 Å². The predicted octanol–water partition coefficient (Wildman–Crippen LogP) is 4.84. The molecule has 0 bridgehead atoms. The first-order valence-electron chi connectivity index (χ1n) is 7.61. The molecule has 1 amide bonds. The Morgan fingerprint density at radius 1 is 1.04 bits per heavy atom. The summed E-state index contributed by atoms with van der Waals surface area (Å²) >= 11 is 5.72. The fourth-order valence-electron chi connectivity index (χ4n) is 2.20. The maximum absolute atomic E-state index is 13.6. The summed E-state index contributed by atoms with van der Waals surface area (Å²) < 4.78 is 32.8. The number of hydrogen-bond donors (Lipinski definition) is 1. The Morgan fingerprint density at radius 2 is 1.73 bits per heavy atom. The number of anilines is 1. The minimum Gasteiger partial charge on any atom is -0.489 e. The molecule has 1 aromatic heterocycles. The van der Waals surface area contributed by atoms with Gasteiger partial charge in [0.15, 0.2) is 0 Å². The van der Waals surface area contributed by atoms with Crippen LogP contribution in [0.5, 0.6) is 5.75 Å². The summed E-state index contributed by atoms with van der Waals surface area (Å²) in [5.41, 5.74) is 0.614. The SMILES string of the molecule is O=C(Nc1ccc(OCc2ccc(Cl)nc2)cc1)c1c(F)cccc1F. The van der Waals surface area contributed by atoms with Gasteiger partial charge in [0.25, 0.3) is 5.91 Å². The van der Waals surface area contributed by atoms with Crippen molar-refractivity contribution in [1.29, 1.82) is 0 Å². The smallest absolute Gasteiger partial charge is 0.261 e. The van der Waals surface area contributed by atoms with Crippen LogP contribution in [-0.2, 0) is 6.61 Å². The predicted molar refractivity (Wildman–Crippen MR) is 94.3 cm³/mol. The van der Waals surface area contributed by atoms with E-state index in [4.69, 9.17) is 16.3 Å². The zero-order valence-corrected chi connectivity index (χ0v) is 14.1. The van der Waals surface area contributed by atoms with Crippen LogP contribution in [0.15, 0.2) is 60.8 Å². The molecule has 0 saturated carbocycles. The molecular weight excluding hydrogens is 362 g/mol. The second kappa shape index (κ2) is 7.93. The number of nitrogens with zero attached hydrogens (tertiary/aromatic N) is 1. The number of rotatable bonds is 5. The van der Waals surface area contributed by atoms with Crippen molar-refractivity contribution in [3.05, 3.63) is 88.7 Å². The largest absolute Gasteiger partial charge is 0.489 e. The van der Waals surface area contributed by atoms with E-state index in [0.29, 0.717) is 23.2 Å². The number of benzene rings is 2. The minimum absolute atomic E-state index is 0.302. The fourth-order valence-corrected chi connectivity index (χ4v) is 2.31. The maximum atomic E-state index is 13.6. The van der Waals surface area contributed by atoms with E-state index in [1.54, 1.807) is 42.6 Å². The van der Waals surface area contributed by atoms with Crippen LogP contribution in [0.4, 0.5) is 14.5 Å². The van der Waals surface area contributed by atoms with Crippen molar-refractivity contribution in [1.82, 2.24) is 4.98 Å². The molecule has 7 heteroatoms. The van der Waals surface area contributed by atoms with Crippen LogP contribution >= 0.6 is 11.6 Å². The van der Waals surface area contributed by atoms with Gasteiger partial charge < -0.3 is 10.1 Å². The molecule has 1 N–H and O–H groups in total. The molecule has 0 aliphatic rings. The molecule has 26 heavy (non-hydrogen) atoms. The normalized spacial score (nSPS) is 10.4. The van der Waals surface area contributed by atoms with Crippen LogP contribution < -0.4 is 10.1 Å². The number of halogens is 3. The van der Waals surface area contributed by atoms with Gasteiger partial charge in [-0.1, -0.05) is 23.7 Å². The number of ether oxygens (including phenoxy) is 1. The number of carbonyl (C=O) groups is 1. The standard InChI is InChI=1S/C19H13ClF2N2O2/c20-17-9-4-12(10-23-17)11-26-14-7-5-13(6-8-14)24-19(25)18-15(21)2-1-3-16(18)22/h1-10H,11H2,(H,24,25). The van der Waals surface area contributed by atoms with Crippen molar-refractivity contribution in [2.75, 3.05) is 5.32 Å². The van der Waals surface area contributed by atoms with E-state index in [1.165, 1.54) is 6.07 Å². The van der Waals surface area contributed by atoms with Crippen LogP contribution in [0, 0.1) is 11.6 Å². The number of nitrogens with one attached hydrogen (secondary N) is 1. The molecule has 0 radical (unpaired) electrons. The third kappa shape index (κ3) is 4.34. The number of carbonyl (C=O) groups excluding carboxylic acids is 1. The summed E-state index contributed by atoms with van der Waals surface area (Å²) in [6.45, 7) is 0.302. The Bertz CT molecular complexity index is 896. The molecule has 0 aliphatic carbocycles. The topological polar surface area (TPSA) is 51.2 Å². The Kier molecular flexibility index (Phi) is 5.43. The van der Waals surface area contributed by atoms with Gasteiger partial charge in [-0.25, -0.2) is 13.8 Å². The highest BCUT2D eigenvalue weighted by Gasteiger charge is 2.17. The summed E-state index contributed by atoms with van der Waals surface area (Å²) in [5.74, 6) is -2.13. The monoisotopic (exact) mass is 374 g/mol. The van der Waals surface area contributed by atoms with Crippen molar-refractivity contribution in [2.24, 2.45) is 0 Å². The van der Waals surface area contributed by atoms with Crippen LogP contribution in [0.1, 0.15) is 15.9 Å². The highest BCUT2D eigenvalue weighted by molar-refractivity contribution is 6.29. The van der Waals surface area contributed by atoms with Crippen molar-refractivity contribution in [2.45, 2.75) is 6.61 Å². The molecule has 0 fully saturated rings. The Balaban J connectivity index is 1.62. The highest BCUT2D eigenvalue weighted by atomic mass is 35.5. The van der Waals surface area contributed by atoms with Gasteiger partial charge in [-0.2, -0.15) is 0 Å². The Hall–Kier alpha value is -2.99. The van der Waals surface area contributed by atoms with Crippen molar-refractivity contribution >= 4 is 23.2 Å². The van der Waals surface area contributed by atoms with E-state index in [2.05, 4.69) is 10.3 Å². The molecule has 0 saturated heterocycles. The lowest BCUT2D eigenvalue weighted by Crippen LogP contribution is -2.15. The molecule has 0 aliphatic heterocycles. The lowest BCUT2D eigenvalue weighted by atomic mass is 10.1. The van der Waals surface area contributed by atoms with Crippen molar-refractivity contribution in [3.63, 3.8) is 0 Å². The Labute approximate surface area is 153 Å². The zero-order valence-electron chi connectivity index (χ0n) is 13.4. The average Bonchev–Trinajstić information content (AvgIpc) is 2.62. The van der Waals surface area contributed by atoms with Gasteiger partial charge in [0.2, 0.25) is 0 Å². The quantitative estimate of drug-likeness (QED) is 0.650. The summed E-state index contributed by atoms with van der Waals surface area (Å²) in [7, 11) is 0. The molecule has 4 nitrogen and oxygen atoms in total. The molecule has 0 atom stereocenters. The average molecular weight is 375 g/mol. The maximum Gasteiger partial charge on any atom is 0.261 e. The molecule has 0 unspecified atom stereocenters. The number of pyridine rings is 1. The second-order valence-electron chi connectivity index (χ2n) is 5.35. The van der Waals surface area contributed by atoms with Gasteiger partial charge in [-0.05, 0) is 42.5 Å². The van der Waals surface area contributed by atoms with Crippen molar-refractivity contribution < 1.29 is 18.3 Å². The van der Waals surface area contributed by atoms with Crippen LogP contribution in [0.3, 0.4) is 0 Å². The van der Waals surface area contributed by atoms with Gasteiger partial charge in [0.05, 0.1) is 0 Å². The third-order valence-electron chi connectivity index (χ3n) is 3.50. The van der Waals surface area contributed by atoms with E-state index >= 15 is 0 Å². The second-order valence-corrected chi connectivity index (χ2v) is 5.74. The summed E-state index contributed by atoms with van der Waals surface area (Å²) in [6, 6.07) is 13.1. The van der Waals surface area contributed by atoms with E-state index in [1.807, 2.05) is 0 Å². The van der Waals surface area contributed by atoms with Crippen LogP contribution in [0.2, 0.25) is 5.15 Å².